The summed E-state index contributed by atoms with van der Waals surface area (Å²) >= 11 is 5.73. The second-order valence-electron chi connectivity index (χ2n) is 2.90. The van der Waals surface area contributed by atoms with Crippen molar-refractivity contribution in [1.29, 1.82) is 0 Å². The lowest BCUT2D eigenvalue weighted by Gasteiger charge is -1.99. The molecule has 5 nitrogen and oxygen atoms in total. The van der Waals surface area contributed by atoms with Crippen LogP contribution in [0, 0.1) is 0 Å². The van der Waals surface area contributed by atoms with Crippen molar-refractivity contribution in [2.45, 2.75) is 0 Å². The molecule has 0 amide bonds. The third-order valence-electron chi connectivity index (χ3n) is 1.83. The lowest BCUT2D eigenvalue weighted by molar-refractivity contribution is 0.00393. The third-order valence-corrected chi connectivity index (χ3v) is 2.00. The predicted molar refractivity (Wildman–Crippen MR) is 59.1 cm³/mol. The van der Waals surface area contributed by atoms with Gasteiger partial charge in [-0.1, -0.05) is 30.3 Å². The van der Waals surface area contributed by atoms with Gasteiger partial charge in [-0.15, -0.1) is 0 Å². The average Bonchev–Trinajstić information content (AvgIpc) is 2.30. The van der Waals surface area contributed by atoms with Crippen molar-refractivity contribution in [3.05, 3.63) is 47.0 Å². The summed E-state index contributed by atoms with van der Waals surface area (Å²) < 4.78 is 0. The molecule has 6 heteroatoms. The van der Waals surface area contributed by atoms with E-state index in [1.807, 2.05) is 30.3 Å². The largest absolute Gasteiger partial charge is 0.361 e. The molecule has 2 aromatic rings. The normalized spacial score (nSPS) is 9.56. The Morgan fingerprint density at radius 2 is 1.88 bits per heavy atom. The molecule has 0 atom stereocenters. The number of hydrogen-bond acceptors (Lipinski definition) is 3. The maximum absolute atomic E-state index is 8.40. The van der Waals surface area contributed by atoms with Crippen molar-refractivity contribution in [2.24, 2.45) is 0 Å². The minimum atomic E-state index is 0.0590. The van der Waals surface area contributed by atoms with E-state index < -0.39 is 0 Å². The zero-order chi connectivity index (χ0) is 11.4. The van der Waals surface area contributed by atoms with Crippen LogP contribution in [0.3, 0.4) is 0 Å². The van der Waals surface area contributed by atoms with Crippen molar-refractivity contribution in [1.82, 2.24) is 15.0 Å². The van der Waals surface area contributed by atoms with E-state index in [1.54, 1.807) is 0 Å². The maximum Gasteiger partial charge on any atom is 0.324 e. The van der Waals surface area contributed by atoms with E-state index in [0.717, 1.165) is 11.8 Å². The fraction of sp³-hybridized carbons (Fsp3) is 0. The Morgan fingerprint density at radius 1 is 1.12 bits per heavy atom. The fourth-order valence-electron chi connectivity index (χ4n) is 1.19. The zero-order valence-electron chi connectivity index (χ0n) is 8.08. The maximum atomic E-state index is 8.40. The molecule has 0 bridgehead atoms. The second kappa shape index (κ2) is 4.61. The molecule has 16 heavy (non-hydrogen) atoms. The van der Waals surface area contributed by atoms with Gasteiger partial charge in [0.1, 0.15) is 0 Å². The predicted octanol–water partition coefficient (Wildman–Crippen LogP) is 1.84. The van der Waals surface area contributed by atoms with Gasteiger partial charge < -0.3 is 5.53 Å². The van der Waals surface area contributed by atoms with Crippen LogP contribution in [-0.4, -0.2) is 26.0 Å². The molecule has 0 unspecified atom stereocenters. The van der Waals surface area contributed by atoms with Gasteiger partial charge in [0.15, 0.2) is 5.82 Å². The fourth-order valence-corrected chi connectivity index (χ4v) is 1.36. The molecular weight excluding hydrogens is 226 g/mol. The summed E-state index contributed by atoms with van der Waals surface area (Å²) in [4.78, 5) is 14.7. The Morgan fingerprint density at radius 3 is 2.56 bits per heavy atom. The lowest BCUT2D eigenvalue weighted by atomic mass is 10.2. The highest BCUT2D eigenvalue weighted by molar-refractivity contribution is 6.28. The average molecular weight is 232 g/mol. The van der Waals surface area contributed by atoms with Gasteiger partial charge in [-0.2, -0.15) is 14.8 Å². The number of halogens is 1. The monoisotopic (exact) mass is 231 g/mol. The highest BCUT2D eigenvalue weighted by atomic mass is 35.5. The van der Waals surface area contributed by atoms with Gasteiger partial charge in [-0.25, -0.2) is 4.98 Å². The summed E-state index contributed by atoms with van der Waals surface area (Å²) in [6.45, 7) is 0. The smallest absolute Gasteiger partial charge is 0.324 e. The zero-order valence-corrected chi connectivity index (χ0v) is 8.83. The molecule has 1 aromatic heterocycles. The van der Waals surface area contributed by atoms with Crippen LogP contribution in [0.5, 0.6) is 0 Å². The molecule has 0 fully saturated rings. The Bertz CT molecular complexity index is 548. The van der Waals surface area contributed by atoms with Crippen LogP contribution in [0.1, 0.15) is 5.82 Å². The van der Waals surface area contributed by atoms with E-state index in [0.29, 0.717) is 5.82 Å². The van der Waals surface area contributed by atoms with E-state index in [4.69, 9.17) is 17.1 Å². The van der Waals surface area contributed by atoms with Crippen LogP contribution in [-0.2, 0) is 0 Å². The first kappa shape index (κ1) is 10.4. The molecule has 1 heterocycles. The van der Waals surface area contributed by atoms with Crippen molar-refractivity contribution in [3.8, 4) is 11.4 Å². The number of rotatable bonds is 2. The van der Waals surface area contributed by atoms with Crippen LogP contribution < -0.4 is 0 Å². The Labute approximate surface area is 96.4 Å². The summed E-state index contributed by atoms with van der Waals surface area (Å²) in [5.41, 5.74) is 9.22. The minimum absolute atomic E-state index is 0.0590. The first-order valence-electron chi connectivity index (χ1n) is 4.44. The molecule has 0 spiro atoms. The topological polar surface area (TPSA) is 75.1 Å². The van der Waals surface area contributed by atoms with Crippen molar-refractivity contribution in [2.75, 3.05) is 0 Å². The van der Waals surface area contributed by atoms with Crippen LogP contribution in [0.25, 0.3) is 16.9 Å². The van der Waals surface area contributed by atoms with Crippen molar-refractivity contribution < 1.29 is 4.79 Å². The molecule has 2 rings (SSSR count). The van der Waals surface area contributed by atoms with Gasteiger partial charge in [0.05, 0.1) is 0 Å². The standard InChI is InChI=1S/C10H6ClN5/c11-10-15-8(6-13-12)14-9(16-10)7-4-2-1-3-5-7/h1-6H. The van der Waals surface area contributed by atoms with Gasteiger partial charge in [0.2, 0.25) is 11.1 Å². The summed E-state index contributed by atoms with van der Waals surface area (Å²) in [5, 5.41) is 0.0590. The summed E-state index contributed by atoms with van der Waals surface area (Å²) in [7, 11) is 0. The lowest BCUT2D eigenvalue weighted by Crippen LogP contribution is -2.00. The molecule has 1 aromatic carbocycles. The van der Waals surface area contributed by atoms with E-state index >= 15 is 0 Å². The minimum Gasteiger partial charge on any atom is -0.361 e. The van der Waals surface area contributed by atoms with Gasteiger partial charge in [0.25, 0.3) is 0 Å². The SMILES string of the molecule is [N-]=[N+]=Cc1nc(Cl)nc(-c2ccccc2)n1. The molecule has 0 saturated heterocycles. The van der Waals surface area contributed by atoms with Gasteiger partial charge >= 0.3 is 6.21 Å². The van der Waals surface area contributed by atoms with Crippen molar-refractivity contribution >= 4 is 17.8 Å². The molecule has 78 valence electrons. The molecular formula is C10H6ClN5. The molecule has 0 aliphatic heterocycles. The molecule has 0 radical (unpaired) electrons. The quantitative estimate of drug-likeness (QED) is 0.450. The number of nitrogens with zero attached hydrogens (tertiary/aromatic N) is 5. The van der Waals surface area contributed by atoms with E-state index in [9.17, 15) is 0 Å². The first-order valence-corrected chi connectivity index (χ1v) is 4.82. The van der Waals surface area contributed by atoms with Crippen LogP contribution >= 0.6 is 11.6 Å². The summed E-state index contributed by atoms with van der Waals surface area (Å²) in [5.74, 6) is 0.650. The third kappa shape index (κ3) is 2.28. The van der Waals surface area contributed by atoms with Gasteiger partial charge in [0, 0.05) is 5.56 Å². The van der Waals surface area contributed by atoms with E-state index in [-0.39, 0.29) is 11.1 Å². The molecule has 0 saturated carbocycles. The molecule has 0 aliphatic rings. The molecule has 0 aliphatic carbocycles. The Hall–Kier alpha value is -2.10. The Balaban J connectivity index is 2.53. The highest BCUT2D eigenvalue weighted by Crippen LogP contribution is 2.14. The van der Waals surface area contributed by atoms with Gasteiger partial charge in [-0.3, -0.25) is 0 Å². The molecule has 0 N–H and O–H groups in total. The van der Waals surface area contributed by atoms with Gasteiger partial charge in [-0.05, 0) is 11.6 Å². The second-order valence-corrected chi connectivity index (χ2v) is 3.23. The van der Waals surface area contributed by atoms with E-state index in [1.165, 1.54) is 0 Å². The number of hydrogen-bond donors (Lipinski definition) is 0. The summed E-state index contributed by atoms with van der Waals surface area (Å²) in [6, 6.07) is 9.33. The van der Waals surface area contributed by atoms with Crippen LogP contribution in [0.15, 0.2) is 30.3 Å². The Kier molecular flexibility index (Phi) is 3.00. The number of aromatic nitrogens is 3. The van der Waals surface area contributed by atoms with Crippen molar-refractivity contribution in [3.63, 3.8) is 0 Å². The summed E-state index contributed by atoms with van der Waals surface area (Å²) in [6.07, 6.45) is 1.10. The van der Waals surface area contributed by atoms with Crippen LogP contribution in [0.4, 0.5) is 0 Å². The van der Waals surface area contributed by atoms with Crippen LogP contribution in [0.2, 0.25) is 5.28 Å². The van der Waals surface area contributed by atoms with E-state index in [2.05, 4.69) is 19.7 Å². The number of benzene rings is 1. The first-order chi connectivity index (χ1) is 7.79. The highest BCUT2D eigenvalue weighted by Gasteiger charge is 2.07.